The molecule has 0 radical (unpaired) electrons. The first-order valence-electron chi connectivity index (χ1n) is 5.72. The van der Waals surface area contributed by atoms with Crippen LogP contribution in [0.5, 0.6) is 5.88 Å². The van der Waals surface area contributed by atoms with Gasteiger partial charge in [-0.3, -0.25) is 16.3 Å². The Morgan fingerprint density at radius 1 is 1.41 bits per heavy atom. The summed E-state index contributed by atoms with van der Waals surface area (Å²) in [5.74, 6) is 6.04. The molecular weight excluding hydrogens is 220 g/mol. The van der Waals surface area contributed by atoms with Crippen molar-refractivity contribution in [2.75, 3.05) is 20.3 Å². The molecule has 6 nitrogen and oxygen atoms in total. The second-order valence-electron chi connectivity index (χ2n) is 3.51. The summed E-state index contributed by atoms with van der Waals surface area (Å²) in [5, 5.41) is 0. The maximum absolute atomic E-state index is 5.53. The van der Waals surface area contributed by atoms with E-state index in [1.807, 2.05) is 6.92 Å². The Hall–Kier alpha value is -1.24. The SMILES string of the molecule is CCOCCCC(NN)c1nccnc1OC. The molecule has 3 N–H and O–H groups in total. The Balaban J connectivity index is 2.59. The van der Waals surface area contributed by atoms with Crippen LogP contribution in [0, 0.1) is 0 Å². The summed E-state index contributed by atoms with van der Waals surface area (Å²) in [6.45, 7) is 3.43. The van der Waals surface area contributed by atoms with Crippen molar-refractivity contribution in [3.8, 4) is 5.88 Å². The van der Waals surface area contributed by atoms with Gasteiger partial charge in [0, 0.05) is 25.6 Å². The Morgan fingerprint density at radius 2 is 2.18 bits per heavy atom. The average molecular weight is 240 g/mol. The predicted molar refractivity (Wildman–Crippen MR) is 64.4 cm³/mol. The number of methoxy groups -OCH3 is 1. The number of hydrazine groups is 1. The highest BCUT2D eigenvalue weighted by atomic mass is 16.5. The van der Waals surface area contributed by atoms with E-state index in [1.54, 1.807) is 19.5 Å². The molecule has 1 heterocycles. The minimum atomic E-state index is -0.0703. The molecule has 0 amide bonds. The fourth-order valence-corrected chi connectivity index (χ4v) is 1.57. The standard InChI is InChI=1S/C11H20N4O2/c1-3-17-8-4-5-9(15-12)10-11(16-2)14-7-6-13-10/h6-7,9,15H,3-5,8,12H2,1-2H3. The second-order valence-corrected chi connectivity index (χ2v) is 3.51. The fourth-order valence-electron chi connectivity index (χ4n) is 1.57. The summed E-state index contributed by atoms with van der Waals surface area (Å²) >= 11 is 0. The Labute approximate surface area is 102 Å². The molecule has 1 rings (SSSR count). The lowest BCUT2D eigenvalue weighted by molar-refractivity contribution is 0.140. The minimum absolute atomic E-state index is 0.0703. The van der Waals surface area contributed by atoms with Crippen molar-refractivity contribution < 1.29 is 9.47 Å². The van der Waals surface area contributed by atoms with E-state index in [0.29, 0.717) is 5.88 Å². The van der Waals surface area contributed by atoms with Gasteiger partial charge in [-0.15, -0.1) is 0 Å². The molecule has 6 heteroatoms. The Kier molecular flexibility index (Phi) is 6.46. The van der Waals surface area contributed by atoms with Crippen molar-refractivity contribution in [1.29, 1.82) is 0 Å². The number of hydrogen-bond donors (Lipinski definition) is 2. The number of rotatable bonds is 8. The summed E-state index contributed by atoms with van der Waals surface area (Å²) in [7, 11) is 1.57. The zero-order valence-electron chi connectivity index (χ0n) is 10.3. The van der Waals surface area contributed by atoms with Gasteiger partial charge in [-0.25, -0.2) is 4.98 Å². The monoisotopic (exact) mass is 240 g/mol. The maximum Gasteiger partial charge on any atom is 0.237 e. The first kappa shape index (κ1) is 13.8. The molecule has 17 heavy (non-hydrogen) atoms. The van der Waals surface area contributed by atoms with Crippen molar-refractivity contribution in [1.82, 2.24) is 15.4 Å². The van der Waals surface area contributed by atoms with Gasteiger partial charge in [0.1, 0.15) is 5.69 Å². The van der Waals surface area contributed by atoms with Gasteiger partial charge in [0.15, 0.2) is 0 Å². The number of nitrogens with one attached hydrogen (secondary N) is 1. The van der Waals surface area contributed by atoms with E-state index in [0.717, 1.165) is 31.7 Å². The highest BCUT2D eigenvalue weighted by Crippen LogP contribution is 2.22. The van der Waals surface area contributed by atoms with E-state index in [4.69, 9.17) is 15.3 Å². The predicted octanol–water partition coefficient (Wildman–Crippen LogP) is 0.806. The number of nitrogens with two attached hydrogens (primary N) is 1. The molecule has 1 aromatic heterocycles. The van der Waals surface area contributed by atoms with Gasteiger partial charge in [0.2, 0.25) is 5.88 Å². The van der Waals surface area contributed by atoms with Crippen molar-refractivity contribution in [2.24, 2.45) is 5.84 Å². The van der Waals surface area contributed by atoms with Crippen LogP contribution in [-0.4, -0.2) is 30.3 Å². The molecule has 0 aliphatic heterocycles. The van der Waals surface area contributed by atoms with E-state index in [2.05, 4.69) is 15.4 Å². The van der Waals surface area contributed by atoms with Crippen molar-refractivity contribution >= 4 is 0 Å². The zero-order valence-corrected chi connectivity index (χ0v) is 10.3. The van der Waals surface area contributed by atoms with Crippen LogP contribution in [0.3, 0.4) is 0 Å². The van der Waals surface area contributed by atoms with Gasteiger partial charge < -0.3 is 9.47 Å². The lowest BCUT2D eigenvalue weighted by atomic mass is 10.1. The zero-order chi connectivity index (χ0) is 12.5. The number of ether oxygens (including phenoxy) is 2. The first-order chi connectivity index (χ1) is 8.33. The van der Waals surface area contributed by atoms with Crippen LogP contribution in [-0.2, 0) is 4.74 Å². The normalized spacial score (nSPS) is 12.4. The van der Waals surface area contributed by atoms with E-state index in [9.17, 15) is 0 Å². The topological polar surface area (TPSA) is 82.3 Å². The number of aromatic nitrogens is 2. The lowest BCUT2D eigenvalue weighted by Gasteiger charge is -2.16. The highest BCUT2D eigenvalue weighted by Gasteiger charge is 2.16. The minimum Gasteiger partial charge on any atom is -0.480 e. The molecule has 1 unspecified atom stereocenters. The van der Waals surface area contributed by atoms with Crippen LogP contribution < -0.4 is 16.0 Å². The third kappa shape index (κ3) is 4.26. The van der Waals surface area contributed by atoms with Crippen molar-refractivity contribution in [3.05, 3.63) is 18.1 Å². The van der Waals surface area contributed by atoms with Gasteiger partial charge >= 0.3 is 0 Å². The third-order valence-electron chi connectivity index (χ3n) is 2.40. The summed E-state index contributed by atoms with van der Waals surface area (Å²) in [6.07, 6.45) is 4.95. The van der Waals surface area contributed by atoms with Crippen molar-refractivity contribution in [3.63, 3.8) is 0 Å². The van der Waals surface area contributed by atoms with Crippen LogP contribution in [0.15, 0.2) is 12.4 Å². The molecule has 1 aromatic rings. The molecule has 96 valence electrons. The molecule has 0 aliphatic rings. The smallest absolute Gasteiger partial charge is 0.237 e. The summed E-state index contributed by atoms with van der Waals surface area (Å²) in [6, 6.07) is -0.0703. The lowest BCUT2D eigenvalue weighted by Crippen LogP contribution is -2.29. The molecule has 0 aliphatic carbocycles. The Bertz CT molecular complexity index is 322. The quantitative estimate of drug-likeness (QED) is 0.397. The average Bonchev–Trinajstić information content (AvgIpc) is 2.39. The molecule has 0 bridgehead atoms. The van der Waals surface area contributed by atoms with Crippen LogP contribution in [0.4, 0.5) is 0 Å². The number of nitrogens with zero attached hydrogens (tertiary/aromatic N) is 2. The molecule has 0 spiro atoms. The molecule has 0 saturated carbocycles. The Morgan fingerprint density at radius 3 is 2.82 bits per heavy atom. The van der Waals surface area contributed by atoms with E-state index < -0.39 is 0 Å². The molecule has 1 atom stereocenters. The van der Waals surface area contributed by atoms with Gasteiger partial charge in [-0.2, -0.15) is 0 Å². The van der Waals surface area contributed by atoms with Crippen LogP contribution in [0.1, 0.15) is 31.5 Å². The summed E-state index contributed by atoms with van der Waals surface area (Å²) in [4.78, 5) is 8.35. The van der Waals surface area contributed by atoms with Crippen LogP contribution >= 0.6 is 0 Å². The first-order valence-corrected chi connectivity index (χ1v) is 5.72. The molecule has 0 saturated heterocycles. The third-order valence-corrected chi connectivity index (χ3v) is 2.40. The van der Waals surface area contributed by atoms with Gasteiger partial charge in [-0.1, -0.05) is 0 Å². The van der Waals surface area contributed by atoms with Gasteiger partial charge in [0.25, 0.3) is 0 Å². The van der Waals surface area contributed by atoms with Crippen LogP contribution in [0.25, 0.3) is 0 Å². The van der Waals surface area contributed by atoms with Gasteiger partial charge in [0.05, 0.1) is 13.2 Å². The van der Waals surface area contributed by atoms with Gasteiger partial charge in [-0.05, 0) is 19.8 Å². The van der Waals surface area contributed by atoms with Crippen LogP contribution in [0.2, 0.25) is 0 Å². The molecular formula is C11H20N4O2. The summed E-state index contributed by atoms with van der Waals surface area (Å²) in [5.41, 5.74) is 3.46. The highest BCUT2D eigenvalue weighted by molar-refractivity contribution is 5.20. The number of hydrogen-bond acceptors (Lipinski definition) is 6. The second kappa shape index (κ2) is 7.94. The fraction of sp³-hybridized carbons (Fsp3) is 0.636. The molecule has 0 fully saturated rings. The largest absolute Gasteiger partial charge is 0.480 e. The van der Waals surface area contributed by atoms with E-state index in [1.165, 1.54) is 0 Å². The van der Waals surface area contributed by atoms with E-state index in [-0.39, 0.29) is 6.04 Å². The molecule has 0 aromatic carbocycles. The van der Waals surface area contributed by atoms with Crippen molar-refractivity contribution in [2.45, 2.75) is 25.8 Å². The van der Waals surface area contributed by atoms with E-state index >= 15 is 0 Å². The summed E-state index contributed by atoms with van der Waals surface area (Å²) < 4.78 is 10.4. The maximum atomic E-state index is 5.53.